The molecule has 0 unspecified atom stereocenters. The maximum Gasteiger partial charge on any atom is 0.191 e. The summed E-state index contributed by atoms with van der Waals surface area (Å²) < 4.78 is 18.6. The first-order valence-electron chi connectivity index (χ1n) is 7.47. The van der Waals surface area contributed by atoms with Crippen LogP contribution in [0.1, 0.15) is 18.2 Å². The number of guanidine groups is 1. The summed E-state index contributed by atoms with van der Waals surface area (Å²) in [6.07, 6.45) is 1.75. The van der Waals surface area contributed by atoms with Gasteiger partial charge >= 0.3 is 0 Å². The van der Waals surface area contributed by atoms with Crippen molar-refractivity contribution in [2.24, 2.45) is 4.99 Å². The molecule has 23 heavy (non-hydrogen) atoms. The number of pyridine rings is 1. The molecule has 122 valence electrons. The minimum Gasteiger partial charge on any atom is -0.494 e. The standard InChI is InChI=1S/C17H21FN4O/c1-3-19-17(22-12-14-6-4-5-9-20-14)21-11-13-7-8-16(23-2)15(18)10-13/h4-10H,3,11-12H2,1-2H3,(H2,19,21,22). The maximum absolute atomic E-state index is 13.7. The number of nitrogens with zero attached hydrogens (tertiary/aromatic N) is 2. The molecule has 5 nitrogen and oxygen atoms in total. The topological polar surface area (TPSA) is 58.5 Å². The van der Waals surface area contributed by atoms with Gasteiger partial charge in [-0.2, -0.15) is 0 Å². The Kier molecular flexibility index (Phi) is 6.35. The molecule has 1 aromatic carbocycles. The summed E-state index contributed by atoms with van der Waals surface area (Å²) in [7, 11) is 1.45. The van der Waals surface area contributed by atoms with Crippen molar-refractivity contribution in [3.05, 3.63) is 59.7 Å². The predicted molar refractivity (Wildman–Crippen MR) is 88.8 cm³/mol. The zero-order valence-corrected chi connectivity index (χ0v) is 13.3. The average molecular weight is 316 g/mol. The highest BCUT2D eigenvalue weighted by Crippen LogP contribution is 2.18. The Hall–Kier alpha value is -2.63. The molecule has 0 aliphatic rings. The number of halogens is 1. The molecule has 0 saturated carbocycles. The second-order valence-electron chi connectivity index (χ2n) is 4.84. The van der Waals surface area contributed by atoms with Crippen LogP contribution in [-0.4, -0.2) is 24.6 Å². The first kappa shape index (κ1) is 16.7. The molecule has 0 aliphatic carbocycles. The maximum atomic E-state index is 13.7. The van der Waals surface area contributed by atoms with Crippen molar-refractivity contribution in [1.29, 1.82) is 0 Å². The van der Waals surface area contributed by atoms with E-state index in [0.717, 1.165) is 17.8 Å². The third-order valence-corrected chi connectivity index (χ3v) is 3.14. The second kappa shape index (κ2) is 8.73. The van der Waals surface area contributed by atoms with Crippen molar-refractivity contribution in [2.75, 3.05) is 13.7 Å². The van der Waals surface area contributed by atoms with E-state index in [9.17, 15) is 4.39 Å². The largest absolute Gasteiger partial charge is 0.494 e. The van der Waals surface area contributed by atoms with Crippen molar-refractivity contribution < 1.29 is 9.13 Å². The molecule has 0 radical (unpaired) electrons. The first-order chi connectivity index (χ1) is 11.2. The Bertz CT molecular complexity index is 646. The molecule has 0 atom stereocenters. The van der Waals surface area contributed by atoms with E-state index in [1.807, 2.05) is 25.1 Å². The van der Waals surface area contributed by atoms with Crippen LogP contribution in [0.3, 0.4) is 0 Å². The lowest BCUT2D eigenvalue weighted by atomic mass is 10.2. The molecule has 1 aromatic heterocycles. The van der Waals surface area contributed by atoms with Crippen LogP contribution in [0, 0.1) is 5.82 Å². The predicted octanol–water partition coefficient (Wildman–Crippen LogP) is 2.48. The number of benzene rings is 1. The number of aromatic nitrogens is 1. The number of ether oxygens (including phenoxy) is 1. The van der Waals surface area contributed by atoms with Gasteiger partial charge in [0.1, 0.15) is 0 Å². The summed E-state index contributed by atoms with van der Waals surface area (Å²) in [4.78, 5) is 8.71. The van der Waals surface area contributed by atoms with E-state index < -0.39 is 0 Å². The summed E-state index contributed by atoms with van der Waals surface area (Å²) in [5, 5.41) is 6.36. The van der Waals surface area contributed by atoms with E-state index in [4.69, 9.17) is 4.74 Å². The molecular formula is C17H21FN4O. The first-order valence-corrected chi connectivity index (χ1v) is 7.47. The monoisotopic (exact) mass is 316 g/mol. The van der Waals surface area contributed by atoms with Crippen LogP contribution in [0.5, 0.6) is 5.75 Å². The van der Waals surface area contributed by atoms with Crippen molar-refractivity contribution >= 4 is 5.96 Å². The van der Waals surface area contributed by atoms with E-state index >= 15 is 0 Å². The van der Waals surface area contributed by atoms with Gasteiger partial charge in [0.05, 0.1) is 25.9 Å². The van der Waals surface area contributed by atoms with Gasteiger partial charge in [-0.15, -0.1) is 0 Å². The van der Waals surface area contributed by atoms with Crippen LogP contribution in [0.15, 0.2) is 47.6 Å². The van der Waals surface area contributed by atoms with E-state index in [0.29, 0.717) is 19.0 Å². The third kappa shape index (κ3) is 5.25. The van der Waals surface area contributed by atoms with Crippen LogP contribution >= 0.6 is 0 Å². The highest BCUT2D eigenvalue weighted by molar-refractivity contribution is 5.79. The van der Waals surface area contributed by atoms with Gasteiger partial charge in [0, 0.05) is 12.7 Å². The number of hydrogen-bond acceptors (Lipinski definition) is 3. The van der Waals surface area contributed by atoms with Crippen LogP contribution in [-0.2, 0) is 13.1 Å². The number of hydrogen-bond donors (Lipinski definition) is 2. The lowest BCUT2D eigenvalue weighted by molar-refractivity contribution is 0.386. The molecule has 0 aliphatic heterocycles. The van der Waals surface area contributed by atoms with E-state index in [2.05, 4.69) is 20.6 Å². The molecule has 1 heterocycles. The van der Waals surface area contributed by atoms with Crippen LogP contribution in [0.2, 0.25) is 0 Å². The van der Waals surface area contributed by atoms with E-state index in [1.165, 1.54) is 13.2 Å². The van der Waals surface area contributed by atoms with Crippen molar-refractivity contribution in [3.63, 3.8) is 0 Å². The molecule has 6 heteroatoms. The number of rotatable bonds is 6. The van der Waals surface area contributed by atoms with Gasteiger partial charge in [-0.05, 0) is 36.8 Å². The van der Waals surface area contributed by atoms with Crippen molar-refractivity contribution in [3.8, 4) is 5.75 Å². The molecule has 0 saturated heterocycles. The summed E-state index contributed by atoms with van der Waals surface area (Å²) in [5.74, 6) is 0.513. The van der Waals surface area contributed by atoms with E-state index in [-0.39, 0.29) is 11.6 Å². The fraction of sp³-hybridized carbons (Fsp3) is 0.294. The molecular weight excluding hydrogens is 295 g/mol. The average Bonchev–Trinajstić information content (AvgIpc) is 2.58. The molecule has 0 spiro atoms. The fourth-order valence-electron chi connectivity index (χ4n) is 2.00. The summed E-state index contributed by atoms with van der Waals surface area (Å²) in [6.45, 7) is 3.68. The molecule has 2 rings (SSSR count). The van der Waals surface area contributed by atoms with Gasteiger partial charge in [-0.3, -0.25) is 4.98 Å². The highest BCUT2D eigenvalue weighted by atomic mass is 19.1. The van der Waals surface area contributed by atoms with Crippen LogP contribution < -0.4 is 15.4 Å². The molecule has 0 fully saturated rings. The smallest absolute Gasteiger partial charge is 0.191 e. The number of nitrogens with one attached hydrogen (secondary N) is 2. The summed E-state index contributed by atoms with van der Waals surface area (Å²) in [5.41, 5.74) is 1.70. The summed E-state index contributed by atoms with van der Waals surface area (Å²) in [6, 6.07) is 10.6. The van der Waals surface area contributed by atoms with E-state index in [1.54, 1.807) is 18.3 Å². The minimum absolute atomic E-state index is 0.234. The van der Waals surface area contributed by atoms with Gasteiger partial charge in [0.15, 0.2) is 17.5 Å². The molecule has 2 aromatic rings. The Labute approximate surface area is 135 Å². The SMILES string of the molecule is CCNC(=NCc1ccc(OC)c(F)c1)NCc1ccccn1. The molecule has 0 bridgehead atoms. The lowest BCUT2D eigenvalue weighted by Gasteiger charge is -2.11. The zero-order valence-electron chi connectivity index (χ0n) is 13.3. The van der Waals surface area contributed by atoms with Crippen molar-refractivity contribution in [1.82, 2.24) is 15.6 Å². The normalized spacial score (nSPS) is 11.2. The summed E-state index contributed by atoms with van der Waals surface area (Å²) >= 11 is 0. The van der Waals surface area contributed by atoms with Crippen LogP contribution in [0.4, 0.5) is 4.39 Å². The van der Waals surface area contributed by atoms with Gasteiger partial charge in [-0.25, -0.2) is 9.38 Å². The van der Waals surface area contributed by atoms with Crippen molar-refractivity contribution in [2.45, 2.75) is 20.0 Å². The van der Waals surface area contributed by atoms with Gasteiger partial charge in [0.2, 0.25) is 0 Å². The Morgan fingerprint density at radius 1 is 1.26 bits per heavy atom. The Balaban J connectivity index is 1.99. The Morgan fingerprint density at radius 3 is 2.78 bits per heavy atom. The van der Waals surface area contributed by atoms with Gasteiger partial charge in [0.25, 0.3) is 0 Å². The quantitative estimate of drug-likeness (QED) is 0.635. The number of methoxy groups -OCH3 is 1. The highest BCUT2D eigenvalue weighted by Gasteiger charge is 2.04. The fourth-order valence-corrected chi connectivity index (χ4v) is 2.00. The zero-order chi connectivity index (χ0) is 16.5. The molecule has 2 N–H and O–H groups in total. The lowest BCUT2D eigenvalue weighted by Crippen LogP contribution is -2.37. The minimum atomic E-state index is -0.383. The number of aliphatic imine (C=N–C) groups is 1. The van der Waals surface area contributed by atoms with Gasteiger partial charge < -0.3 is 15.4 Å². The third-order valence-electron chi connectivity index (χ3n) is 3.14. The Morgan fingerprint density at radius 2 is 2.13 bits per heavy atom. The molecule has 0 amide bonds. The van der Waals surface area contributed by atoms with Crippen LogP contribution in [0.25, 0.3) is 0 Å². The van der Waals surface area contributed by atoms with Gasteiger partial charge in [-0.1, -0.05) is 12.1 Å². The second-order valence-corrected chi connectivity index (χ2v) is 4.84.